The Balaban J connectivity index is 2.59. The first-order valence-electron chi connectivity index (χ1n) is 4.44. The number of amides is 1. The molecule has 1 amide bonds. The van der Waals surface area contributed by atoms with Crippen LogP contribution in [0, 0.1) is 0 Å². The molecule has 0 saturated carbocycles. The van der Waals surface area contributed by atoms with E-state index in [9.17, 15) is 15.0 Å². The summed E-state index contributed by atoms with van der Waals surface area (Å²) in [5.41, 5.74) is 0. The summed E-state index contributed by atoms with van der Waals surface area (Å²) in [7, 11) is 0. The van der Waals surface area contributed by atoms with Gasteiger partial charge in [0.1, 0.15) is 12.2 Å². The Bertz CT molecular complexity index is 210. The van der Waals surface area contributed by atoms with E-state index in [0.29, 0.717) is 0 Å². The molecule has 1 rings (SSSR count). The van der Waals surface area contributed by atoms with Gasteiger partial charge in [0, 0.05) is 13.3 Å². The molecule has 0 bridgehead atoms. The van der Waals surface area contributed by atoms with Gasteiger partial charge in [0.05, 0.1) is 12.6 Å². The minimum absolute atomic E-state index is 0.122. The molecule has 1 heterocycles. The van der Waals surface area contributed by atoms with Crippen LogP contribution in [0.25, 0.3) is 0 Å². The largest absolute Gasteiger partial charge is 0.394 e. The molecule has 0 aromatic heterocycles. The molecule has 0 aliphatic carbocycles. The molecular weight excluding hydrogens is 190 g/mol. The highest BCUT2D eigenvalue weighted by molar-refractivity contribution is 5.73. The van der Waals surface area contributed by atoms with Crippen molar-refractivity contribution in [2.45, 2.75) is 37.9 Å². The van der Waals surface area contributed by atoms with Crippen LogP contribution in [0.1, 0.15) is 13.3 Å². The minimum atomic E-state index is -1.06. The maximum absolute atomic E-state index is 10.8. The fraction of sp³-hybridized carbons (Fsp3) is 0.875. The Labute approximate surface area is 81.5 Å². The van der Waals surface area contributed by atoms with Crippen LogP contribution in [0.4, 0.5) is 0 Å². The molecule has 0 aromatic carbocycles. The monoisotopic (exact) mass is 205 g/mol. The van der Waals surface area contributed by atoms with Gasteiger partial charge in [0.2, 0.25) is 5.91 Å². The van der Waals surface area contributed by atoms with Crippen molar-refractivity contribution in [1.82, 2.24) is 5.32 Å². The average molecular weight is 205 g/mol. The quantitative estimate of drug-likeness (QED) is 0.416. The number of hydrogen-bond acceptors (Lipinski definition) is 5. The molecule has 1 aliphatic rings. The van der Waals surface area contributed by atoms with Crippen LogP contribution in [0.3, 0.4) is 0 Å². The van der Waals surface area contributed by atoms with Gasteiger partial charge in [-0.25, -0.2) is 0 Å². The van der Waals surface area contributed by atoms with Gasteiger partial charge in [-0.3, -0.25) is 4.79 Å². The van der Waals surface area contributed by atoms with Gasteiger partial charge in [0.15, 0.2) is 6.29 Å². The van der Waals surface area contributed by atoms with Crippen LogP contribution >= 0.6 is 0 Å². The zero-order chi connectivity index (χ0) is 10.7. The van der Waals surface area contributed by atoms with Crippen molar-refractivity contribution in [3.63, 3.8) is 0 Å². The number of aliphatic hydroxyl groups is 3. The third kappa shape index (κ3) is 2.65. The predicted octanol–water partition coefficient (Wildman–Crippen LogP) is -2.05. The van der Waals surface area contributed by atoms with Gasteiger partial charge in [-0.15, -0.1) is 0 Å². The van der Waals surface area contributed by atoms with E-state index >= 15 is 0 Å². The third-order valence-electron chi connectivity index (χ3n) is 2.15. The van der Waals surface area contributed by atoms with Crippen LogP contribution in [0.5, 0.6) is 0 Å². The standard InChI is InChI=1S/C8H15NO5/c1-4(11)9-5-2-7(12)14-6(3-10)8(5)13/h5-8,10,12-13H,2-3H2,1H3,(H,9,11). The van der Waals surface area contributed by atoms with E-state index in [-0.39, 0.29) is 12.3 Å². The van der Waals surface area contributed by atoms with E-state index in [1.54, 1.807) is 0 Å². The average Bonchev–Trinajstić information content (AvgIpc) is 2.09. The second-order valence-electron chi connectivity index (χ2n) is 3.35. The van der Waals surface area contributed by atoms with Crippen LogP contribution < -0.4 is 5.32 Å². The van der Waals surface area contributed by atoms with Crippen LogP contribution in [-0.4, -0.2) is 52.4 Å². The number of rotatable bonds is 2. The molecule has 1 saturated heterocycles. The zero-order valence-electron chi connectivity index (χ0n) is 7.88. The molecule has 4 atom stereocenters. The second kappa shape index (κ2) is 4.70. The zero-order valence-corrected chi connectivity index (χ0v) is 7.88. The van der Waals surface area contributed by atoms with Gasteiger partial charge < -0.3 is 25.4 Å². The van der Waals surface area contributed by atoms with Crippen LogP contribution in [0.15, 0.2) is 0 Å². The van der Waals surface area contributed by atoms with Crippen molar-refractivity contribution in [2.24, 2.45) is 0 Å². The van der Waals surface area contributed by atoms with Crippen molar-refractivity contribution in [3.05, 3.63) is 0 Å². The summed E-state index contributed by atoms with van der Waals surface area (Å²) in [4.78, 5) is 10.8. The molecule has 14 heavy (non-hydrogen) atoms. The lowest BCUT2D eigenvalue weighted by atomic mass is 9.99. The SMILES string of the molecule is CC(=O)NC1CC(O)OC(CO)C1O. The lowest BCUT2D eigenvalue weighted by Crippen LogP contribution is -2.56. The van der Waals surface area contributed by atoms with Crippen LogP contribution in [0.2, 0.25) is 0 Å². The first kappa shape index (κ1) is 11.4. The molecule has 0 spiro atoms. The van der Waals surface area contributed by atoms with E-state index in [2.05, 4.69) is 5.32 Å². The summed E-state index contributed by atoms with van der Waals surface area (Å²) in [5.74, 6) is -0.292. The molecule has 0 aromatic rings. The Hall–Kier alpha value is -0.690. The summed E-state index contributed by atoms with van der Waals surface area (Å²) in [6.45, 7) is 0.927. The van der Waals surface area contributed by atoms with Gasteiger partial charge in [-0.1, -0.05) is 0 Å². The van der Waals surface area contributed by atoms with Crippen molar-refractivity contribution in [3.8, 4) is 0 Å². The van der Waals surface area contributed by atoms with Gasteiger partial charge >= 0.3 is 0 Å². The van der Waals surface area contributed by atoms with E-state index < -0.39 is 31.1 Å². The number of hydrogen-bond donors (Lipinski definition) is 4. The molecule has 4 unspecified atom stereocenters. The summed E-state index contributed by atoms with van der Waals surface area (Å²) >= 11 is 0. The Morgan fingerprint density at radius 2 is 2.21 bits per heavy atom. The fourth-order valence-corrected chi connectivity index (χ4v) is 1.51. The number of aliphatic hydroxyl groups excluding tert-OH is 3. The number of carbonyl (C=O) groups excluding carboxylic acids is 1. The van der Waals surface area contributed by atoms with E-state index in [1.165, 1.54) is 6.92 Å². The molecule has 6 nitrogen and oxygen atoms in total. The van der Waals surface area contributed by atoms with E-state index in [1.807, 2.05) is 0 Å². The molecule has 1 aliphatic heterocycles. The highest BCUT2D eigenvalue weighted by Gasteiger charge is 2.36. The van der Waals surface area contributed by atoms with Gasteiger partial charge in [-0.05, 0) is 0 Å². The summed E-state index contributed by atoms with van der Waals surface area (Å²) < 4.78 is 4.86. The molecule has 4 N–H and O–H groups in total. The smallest absolute Gasteiger partial charge is 0.217 e. The molecular formula is C8H15NO5. The Morgan fingerprint density at radius 1 is 1.57 bits per heavy atom. The normalized spacial score (nSPS) is 38.0. The summed E-state index contributed by atoms with van der Waals surface area (Å²) in [6, 6.07) is -0.576. The lowest BCUT2D eigenvalue weighted by molar-refractivity contribution is -0.216. The number of ether oxygens (including phenoxy) is 1. The van der Waals surface area contributed by atoms with E-state index in [0.717, 1.165) is 0 Å². The predicted molar refractivity (Wildman–Crippen MR) is 46.2 cm³/mol. The fourth-order valence-electron chi connectivity index (χ4n) is 1.51. The highest BCUT2D eigenvalue weighted by atomic mass is 16.6. The number of nitrogens with one attached hydrogen (secondary N) is 1. The Kier molecular flexibility index (Phi) is 3.82. The molecule has 82 valence electrons. The van der Waals surface area contributed by atoms with Gasteiger partial charge in [-0.2, -0.15) is 0 Å². The molecule has 0 radical (unpaired) electrons. The molecule has 6 heteroatoms. The van der Waals surface area contributed by atoms with Crippen molar-refractivity contribution in [1.29, 1.82) is 0 Å². The molecule has 1 fully saturated rings. The second-order valence-corrected chi connectivity index (χ2v) is 3.35. The first-order valence-corrected chi connectivity index (χ1v) is 4.44. The van der Waals surface area contributed by atoms with Crippen molar-refractivity contribution < 1.29 is 24.9 Å². The lowest BCUT2D eigenvalue weighted by Gasteiger charge is -2.36. The highest BCUT2D eigenvalue weighted by Crippen LogP contribution is 2.18. The maximum atomic E-state index is 10.8. The van der Waals surface area contributed by atoms with Crippen molar-refractivity contribution in [2.75, 3.05) is 6.61 Å². The third-order valence-corrected chi connectivity index (χ3v) is 2.15. The topological polar surface area (TPSA) is 99.0 Å². The maximum Gasteiger partial charge on any atom is 0.217 e. The minimum Gasteiger partial charge on any atom is -0.394 e. The Morgan fingerprint density at radius 3 is 2.71 bits per heavy atom. The van der Waals surface area contributed by atoms with Crippen LogP contribution in [-0.2, 0) is 9.53 Å². The first-order chi connectivity index (χ1) is 6.54. The summed E-state index contributed by atoms with van der Waals surface area (Å²) in [6.07, 6.45) is -2.78. The number of carbonyl (C=O) groups is 1. The van der Waals surface area contributed by atoms with Gasteiger partial charge in [0.25, 0.3) is 0 Å². The summed E-state index contributed by atoms with van der Waals surface area (Å²) in [5, 5.41) is 30.1. The van der Waals surface area contributed by atoms with Crippen molar-refractivity contribution >= 4 is 5.91 Å². The van der Waals surface area contributed by atoms with E-state index in [4.69, 9.17) is 9.84 Å².